The minimum Gasteiger partial charge on any atom is -0.393 e. The quantitative estimate of drug-likeness (QED) is 0.371. The van der Waals surface area contributed by atoms with Gasteiger partial charge in [0.25, 0.3) is 4.25 Å². The van der Waals surface area contributed by atoms with E-state index in [1.165, 1.54) is 0 Å². The maximum Gasteiger partial charge on any atom is 0.362 e. The smallest absolute Gasteiger partial charge is 0.362 e. The van der Waals surface area contributed by atoms with Gasteiger partial charge in [-0.2, -0.15) is 0 Å². The highest BCUT2D eigenvalue weighted by atomic mass is 79.9. The van der Waals surface area contributed by atoms with Crippen LogP contribution in [0.3, 0.4) is 0 Å². The molecule has 0 aliphatic carbocycles. The van der Waals surface area contributed by atoms with Gasteiger partial charge in [-0.3, -0.25) is 0 Å². The lowest BCUT2D eigenvalue weighted by Crippen LogP contribution is -2.53. The number of rotatable bonds is 8. The second-order valence-electron chi connectivity index (χ2n) is 4.58. The van der Waals surface area contributed by atoms with E-state index in [-0.39, 0.29) is 32.5 Å². The molecule has 1 rings (SSSR count). The normalized spacial score (nSPS) is 29.6. The van der Waals surface area contributed by atoms with Gasteiger partial charge in [0.1, 0.15) is 5.60 Å². The van der Waals surface area contributed by atoms with Gasteiger partial charge in [0, 0.05) is 0 Å². The summed E-state index contributed by atoms with van der Waals surface area (Å²) >= 11 is 2.63. The van der Waals surface area contributed by atoms with Crippen LogP contribution in [0.5, 0.6) is 0 Å². The van der Waals surface area contributed by atoms with Crippen LogP contribution >= 0.6 is 23.6 Å². The molecule has 0 amide bonds. The lowest BCUT2D eigenvalue weighted by molar-refractivity contribution is -0.224. The highest BCUT2D eigenvalue weighted by Crippen LogP contribution is 2.33. The molecule has 0 aromatic rings. The molecular formula is C11H18BrO7P. The molecule has 0 spiro atoms. The number of alkyl halides is 1. The summed E-state index contributed by atoms with van der Waals surface area (Å²) in [4.78, 5) is 0. The van der Waals surface area contributed by atoms with Gasteiger partial charge in [0.05, 0.1) is 39.1 Å². The van der Waals surface area contributed by atoms with Crippen LogP contribution in [0.2, 0.25) is 0 Å². The Balaban J connectivity index is 2.46. The van der Waals surface area contributed by atoms with Crippen LogP contribution in [-0.2, 0) is 23.3 Å². The van der Waals surface area contributed by atoms with Crippen LogP contribution < -0.4 is 0 Å². The third-order valence-electron chi connectivity index (χ3n) is 2.81. The Hall–Kier alpha value is -0.0800. The molecule has 1 heterocycles. The number of hydrogen-bond donors (Lipinski definition) is 2. The number of aliphatic hydroxyl groups is 2. The fourth-order valence-corrected chi connectivity index (χ4v) is 1.95. The van der Waals surface area contributed by atoms with Crippen molar-refractivity contribution in [1.29, 1.82) is 0 Å². The molecule has 20 heavy (non-hydrogen) atoms. The zero-order chi connectivity index (χ0) is 15.2. The van der Waals surface area contributed by atoms with Gasteiger partial charge >= 0.3 is 7.68 Å². The summed E-state index contributed by atoms with van der Waals surface area (Å²) in [6, 6.07) is 0. The van der Waals surface area contributed by atoms with E-state index in [0.29, 0.717) is 6.42 Å². The van der Waals surface area contributed by atoms with Crippen LogP contribution in [0, 0.1) is 0 Å². The maximum absolute atomic E-state index is 10.7. The topological polar surface area (TPSA) is 102 Å². The third-order valence-corrected chi connectivity index (χ3v) is 4.59. The Morgan fingerprint density at radius 1 is 1.60 bits per heavy atom. The average molecular weight is 373 g/mol. The largest absolute Gasteiger partial charge is 0.393 e. The van der Waals surface area contributed by atoms with Crippen molar-refractivity contribution < 1.29 is 33.6 Å². The van der Waals surface area contributed by atoms with Crippen LogP contribution in [-0.4, -0.2) is 59.2 Å². The second kappa shape index (κ2) is 7.79. The molecular weight excluding hydrogens is 355 g/mol. The summed E-state index contributed by atoms with van der Waals surface area (Å²) in [7, 11) is -3.10. The summed E-state index contributed by atoms with van der Waals surface area (Å²) < 4.78 is 35.5. The van der Waals surface area contributed by atoms with E-state index in [4.69, 9.17) is 14.2 Å². The van der Waals surface area contributed by atoms with Gasteiger partial charge in [-0.25, -0.2) is 9.13 Å². The zero-order valence-corrected chi connectivity index (χ0v) is 13.3. The van der Waals surface area contributed by atoms with Gasteiger partial charge in [0.15, 0.2) is 0 Å². The first kappa shape index (κ1) is 18.0. The molecule has 116 valence electrons. The Morgan fingerprint density at radius 3 is 2.75 bits per heavy atom. The molecule has 0 aromatic heterocycles. The molecule has 7 nitrogen and oxygen atoms in total. The average Bonchev–Trinajstić information content (AvgIpc) is 2.41. The van der Waals surface area contributed by atoms with Crippen molar-refractivity contribution in [3.05, 3.63) is 12.7 Å². The number of hydrogen-bond acceptors (Lipinski definition) is 7. The van der Waals surface area contributed by atoms with Gasteiger partial charge in [-0.1, -0.05) is 6.08 Å². The minimum atomic E-state index is -3.10. The van der Waals surface area contributed by atoms with Crippen LogP contribution in [0.4, 0.5) is 0 Å². The van der Waals surface area contributed by atoms with E-state index in [1.807, 2.05) is 0 Å². The third kappa shape index (κ3) is 5.04. The Labute approximate surface area is 125 Å². The molecule has 1 aliphatic heterocycles. The summed E-state index contributed by atoms with van der Waals surface area (Å²) in [5.74, 6) is 0. The summed E-state index contributed by atoms with van der Waals surface area (Å²) in [6.45, 7) is 3.09. The first-order valence-electron chi connectivity index (χ1n) is 5.96. The zero-order valence-electron chi connectivity index (χ0n) is 10.9. The van der Waals surface area contributed by atoms with Crippen molar-refractivity contribution >= 4 is 23.6 Å². The number of aliphatic hydroxyl groups excluding tert-OH is 1. The lowest BCUT2D eigenvalue weighted by atomic mass is 10.1. The van der Waals surface area contributed by atoms with Crippen molar-refractivity contribution in [3.8, 4) is 0 Å². The molecule has 1 fully saturated rings. The van der Waals surface area contributed by atoms with E-state index in [2.05, 4.69) is 22.5 Å². The predicted molar refractivity (Wildman–Crippen MR) is 73.3 cm³/mol. The SMILES string of the molecule is C=CCC1COC(CO)(COCC(O)(Br)P(=O)=O)CO1. The monoisotopic (exact) mass is 372 g/mol. The first-order chi connectivity index (χ1) is 9.35. The standard InChI is InChI=1S/C11H18BrO7P/c1-2-3-9-4-19-10(5-13,7-18-9)6-17-8-11(12,14)20(15)16/h2,9,13-14H,1,3-8H2. The number of halogens is 1. The molecule has 0 radical (unpaired) electrons. The van der Waals surface area contributed by atoms with Gasteiger partial charge < -0.3 is 24.4 Å². The Kier molecular flexibility index (Phi) is 7.00. The van der Waals surface area contributed by atoms with Crippen LogP contribution in [0.1, 0.15) is 6.42 Å². The molecule has 1 saturated heterocycles. The molecule has 0 saturated carbocycles. The molecule has 3 atom stereocenters. The van der Waals surface area contributed by atoms with Crippen molar-refractivity contribution in [2.75, 3.05) is 33.0 Å². The molecule has 3 unspecified atom stereocenters. The van der Waals surface area contributed by atoms with E-state index >= 15 is 0 Å². The summed E-state index contributed by atoms with van der Waals surface area (Å²) in [5.41, 5.74) is -1.05. The lowest BCUT2D eigenvalue weighted by Gasteiger charge is -2.38. The van der Waals surface area contributed by atoms with E-state index < -0.39 is 24.1 Å². The van der Waals surface area contributed by atoms with Crippen molar-refractivity contribution in [1.82, 2.24) is 0 Å². The summed E-state index contributed by atoms with van der Waals surface area (Å²) in [5, 5.41) is 18.8. The van der Waals surface area contributed by atoms with E-state index in [9.17, 15) is 19.3 Å². The van der Waals surface area contributed by atoms with Crippen molar-refractivity contribution in [3.63, 3.8) is 0 Å². The van der Waals surface area contributed by atoms with E-state index in [1.54, 1.807) is 6.08 Å². The molecule has 9 heteroatoms. The van der Waals surface area contributed by atoms with Gasteiger partial charge in [-0.15, -0.1) is 6.58 Å². The highest BCUT2D eigenvalue weighted by molar-refractivity contribution is 9.11. The fraction of sp³-hybridized carbons (Fsp3) is 0.818. The summed E-state index contributed by atoms with van der Waals surface area (Å²) in [6.07, 6.45) is 2.24. The fourth-order valence-electron chi connectivity index (χ4n) is 1.59. The Morgan fingerprint density at radius 2 is 2.30 bits per heavy atom. The van der Waals surface area contributed by atoms with Crippen molar-refractivity contribution in [2.24, 2.45) is 0 Å². The predicted octanol–water partition coefficient (Wildman–Crippen LogP) is 0.940. The van der Waals surface area contributed by atoms with Crippen LogP contribution in [0.25, 0.3) is 0 Å². The maximum atomic E-state index is 10.7. The molecule has 2 N–H and O–H groups in total. The van der Waals surface area contributed by atoms with Gasteiger partial charge in [0.2, 0.25) is 0 Å². The van der Waals surface area contributed by atoms with E-state index in [0.717, 1.165) is 0 Å². The first-order valence-corrected chi connectivity index (χ1v) is 7.93. The molecule has 0 bridgehead atoms. The van der Waals surface area contributed by atoms with Gasteiger partial charge in [-0.05, 0) is 22.4 Å². The molecule has 1 aliphatic rings. The van der Waals surface area contributed by atoms with Crippen molar-refractivity contribution in [2.45, 2.75) is 22.4 Å². The van der Waals surface area contributed by atoms with Crippen LogP contribution in [0.15, 0.2) is 12.7 Å². The Bertz CT molecular complexity index is 380. The second-order valence-corrected chi connectivity index (χ2v) is 7.76. The molecule has 0 aromatic carbocycles. The minimum absolute atomic E-state index is 0.0958. The highest BCUT2D eigenvalue weighted by Gasteiger charge is 2.39. The number of ether oxygens (including phenoxy) is 3.